The highest BCUT2D eigenvalue weighted by molar-refractivity contribution is 5.94. The van der Waals surface area contributed by atoms with Crippen molar-refractivity contribution in [1.82, 2.24) is 4.90 Å². The van der Waals surface area contributed by atoms with Gasteiger partial charge in [-0.2, -0.15) is 0 Å². The van der Waals surface area contributed by atoms with Crippen LogP contribution in [0.1, 0.15) is 29.0 Å². The van der Waals surface area contributed by atoms with Crippen molar-refractivity contribution in [3.63, 3.8) is 0 Å². The molecule has 0 bridgehead atoms. The monoisotopic (exact) mass is 386 g/mol. The normalized spacial score (nSPS) is 10.6. The summed E-state index contributed by atoms with van der Waals surface area (Å²) in [7, 11) is 1.67. The quantitative estimate of drug-likeness (QED) is 0.644. The van der Waals surface area contributed by atoms with Gasteiger partial charge in [0, 0.05) is 25.1 Å². The highest BCUT2D eigenvalue weighted by Crippen LogP contribution is 2.28. The topological polar surface area (TPSA) is 49.4 Å². The second kappa shape index (κ2) is 9.69. The lowest BCUT2D eigenvalue weighted by Gasteiger charge is -2.22. The number of nitrogens with zero attached hydrogens (tertiary/aromatic N) is 1. The molecule has 0 aromatic heterocycles. The molecular weight excluding hydrogens is 360 g/mol. The predicted octanol–water partition coefficient (Wildman–Crippen LogP) is 4.61. The Morgan fingerprint density at radius 1 is 0.828 bits per heavy atom. The second-order valence-corrected chi connectivity index (χ2v) is 7.24. The average Bonchev–Trinajstić information content (AvgIpc) is 2.74. The molecule has 0 spiro atoms. The van der Waals surface area contributed by atoms with Crippen LogP contribution in [0.2, 0.25) is 0 Å². The van der Waals surface area contributed by atoms with Crippen LogP contribution in [0.15, 0.2) is 84.9 Å². The van der Waals surface area contributed by atoms with Crippen molar-refractivity contribution in [3.05, 3.63) is 102 Å². The van der Waals surface area contributed by atoms with Gasteiger partial charge in [0.2, 0.25) is 11.8 Å². The van der Waals surface area contributed by atoms with Crippen molar-refractivity contribution >= 4 is 17.5 Å². The summed E-state index contributed by atoms with van der Waals surface area (Å²) in [6.07, 6.45) is 0.308. The van der Waals surface area contributed by atoms with Gasteiger partial charge in [-0.05, 0) is 30.2 Å². The van der Waals surface area contributed by atoms with E-state index < -0.39 is 0 Å². The third-order valence-corrected chi connectivity index (χ3v) is 4.92. The minimum Gasteiger partial charge on any atom is -0.336 e. The predicted molar refractivity (Wildman–Crippen MR) is 117 cm³/mol. The summed E-state index contributed by atoms with van der Waals surface area (Å²) in [5, 5.41) is 2.84. The summed E-state index contributed by atoms with van der Waals surface area (Å²) in [5.74, 6) is -0.324. The largest absolute Gasteiger partial charge is 0.336 e. The lowest BCUT2D eigenvalue weighted by Crippen LogP contribution is -2.35. The van der Waals surface area contributed by atoms with Crippen LogP contribution in [-0.2, 0) is 9.59 Å². The van der Waals surface area contributed by atoms with Gasteiger partial charge in [-0.3, -0.25) is 9.59 Å². The molecule has 0 fully saturated rings. The van der Waals surface area contributed by atoms with Crippen molar-refractivity contribution in [2.45, 2.75) is 19.3 Å². The molecule has 0 radical (unpaired) electrons. The number of hydrogen-bond donors (Lipinski definition) is 1. The molecule has 0 saturated carbocycles. The standard InChI is InChI=1S/C25H26N2O2/c1-19-13-15-22(16-14-19)26-24(28)18-27(2)25(29)17-23(20-9-5-3-6-10-20)21-11-7-4-8-12-21/h3-16,23H,17-18H2,1-2H3,(H,26,28). The van der Waals surface area contributed by atoms with E-state index in [1.807, 2.05) is 91.9 Å². The van der Waals surface area contributed by atoms with Crippen LogP contribution in [0, 0.1) is 6.92 Å². The van der Waals surface area contributed by atoms with Gasteiger partial charge in [-0.1, -0.05) is 78.4 Å². The van der Waals surface area contributed by atoms with Crippen molar-refractivity contribution in [3.8, 4) is 0 Å². The maximum Gasteiger partial charge on any atom is 0.243 e. The Morgan fingerprint density at radius 2 is 1.34 bits per heavy atom. The maximum absolute atomic E-state index is 12.9. The van der Waals surface area contributed by atoms with Crippen LogP contribution in [0.4, 0.5) is 5.69 Å². The molecule has 3 aromatic carbocycles. The summed E-state index contributed by atoms with van der Waals surface area (Å²) < 4.78 is 0. The molecule has 4 nitrogen and oxygen atoms in total. The minimum absolute atomic E-state index is 0.0169. The van der Waals surface area contributed by atoms with Crippen LogP contribution in [0.3, 0.4) is 0 Å². The molecule has 0 heterocycles. The fourth-order valence-corrected chi connectivity index (χ4v) is 3.27. The van der Waals surface area contributed by atoms with Gasteiger partial charge < -0.3 is 10.2 Å². The molecule has 3 aromatic rings. The summed E-state index contributed by atoms with van der Waals surface area (Å²) in [6.45, 7) is 2.01. The van der Waals surface area contributed by atoms with Gasteiger partial charge in [0.15, 0.2) is 0 Å². The number of hydrogen-bond acceptors (Lipinski definition) is 2. The van der Waals surface area contributed by atoms with Crippen LogP contribution >= 0.6 is 0 Å². The Balaban J connectivity index is 1.65. The van der Waals surface area contributed by atoms with Gasteiger partial charge in [0.1, 0.15) is 0 Å². The number of carbonyl (C=O) groups excluding carboxylic acids is 2. The van der Waals surface area contributed by atoms with E-state index >= 15 is 0 Å². The number of amides is 2. The minimum atomic E-state index is -0.208. The molecule has 29 heavy (non-hydrogen) atoms. The van der Waals surface area contributed by atoms with E-state index in [1.165, 1.54) is 4.90 Å². The zero-order chi connectivity index (χ0) is 20.6. The molecule has 0 aliphatic carbocycles. The van der Waals surface area contributed by atoms with Gasteiger partial charge >= 0.3 is 0 Å². The number of anilines is 1. The molecule has 1 N–H and O–H groups in total. The van der Waals surface area contributed by atoms with E-state index in [4.69, 9.17) is 0 Å². The van der Waals surface area contributed by atoms with Crippen LogP contribution < -0.4 is 5.32 Å². The summed E-state index contributed by atoms with van der Waals surface area (Å²) in [4.78, 5) is 26.7. The lowest BCUT2D eigenvalue weighted by molar-refractivity contribution is -0.133. The number of likely N-dealkylation sites (N-methyl/N-ethyl adjacent to an activating group) is 1. The number of carbonyl (C=O) groups is 2. The molecule has 0 saturated heterocycles. The average molecular weight is 386 g/mol. The van der Waals surface area contributed by atoms with E-state index in [9.17, 15) is 9.59 Å². The van der Waals surface area contributed by atoms with Crippen molar-refractivity contribution in [1.29, 1.82) is 0 Å². The summed E-state index contributed by atoms with van der Waals surface area (Å²) in [6, 6.07) is 27.6. The van der Waals surface area contributed by atoms with E-state index in [0.717, 1.165) is 22.4 Å². The molecule has 4 heteroatoms. The molecular formula is C25H26N2O2. The van der Waals surface area contributed by atoms with Crippen LogP contribution in [0.5, 0.6) is 0 Å². The van der Waals surface area contributed by atoms with E-state index in [-0.39, 0.29) is 24.3 Å². The Labute approximate surface area is 172 Å². The Hall–Kier alpha value is -3.40. The fraction of sp³-hybridized carbons (Fsp3) is 0.200. The molecule has 2 amide bonds. The van der Waals surface area contributed by atoms with Crippen molar-refractivity contribution in [2.24, 2.45) is 0 Å². The summed E-state index contributed by atoms with van der Waals surface area (Å²) >= 11 is 0. The SMILES string of the molecule is Cc1ccc(NC(=O)CN(C)C(=O)CC(c2ccccc2)c2ccccc2)cc1. The number of nitrogens with one attached hydrogen (secondary N) is 1. The first-order chi connectivity index (χ1) is 14.0. The van der Waals surface area contributed by atoms with Crippen molar-refractivity contribution in [2.75, 3.05) is 18.9 Å². The zero-order valence-electron chi connectivity index (χ0n) is 16.8. The van der Waals surface area contributed by atoms with E-state index in [0.29, 0.717) is 6.42 Å². The third-order valence-electron chi connectivity index (χ3n) is 4.92. The van der Waals surface area contributed by atoms with E-state index in [2.05, 4.69) is 5.32 Å². The van der Waals surface area contributed by atoms with Crippen molar-refractivity contribution < 1.29 is 9.59 Å². The highest BCUT2D eigenvalue weighted by atomic mass is 16.2. The third kappa shape index (κ3) is 5.79. The van der Waals surface area contributed by atoms with Gasteiger partial charge in [0.05, 0.1) is 6.54 Å². The maximum atomic E-state index is 12.9. The number of aryl methyl sites for hydroxylation is 1. The van der Waals surface area contributed by atoms with E-state index in [1.54, 1.807) is 7.05 Å². The van der Waals surface area contributed by atoms with Gasteiger partial charge in [-0.15, -0.1) is 0 Å². The smallest absolute Gasteiger partial charge is 0.243 e. The van der Waals surface area contributed by atoms with Gasteiger partial charge in [0.25, 0.3) is 0 Å². The molecule has 0 aliphatic rings. The highest BCUT2D eigenvalue weighted by Gasteiger charge is 2.21. The van der Waals surface area contributed by atoms with Gasteiger partial charge in [-0.25, -0.2) is 0 Å². The number of benzene rings is 3. The Morgan fingerprint density at radius 3 is 1.86 bits per heavy atom. The Bertz CT molecular complexity index is 898. The van der Waals surface area contributed by atoms with Crippen LogP contribution in [0.25, 0.3) is 0 Å². The second-order valence-electron chi connectivity index (χ2n) is 7.24. The first-order valence-corrected chi connectivity index (χ1v) is 9.73. The lowest BCUT2D eigenvalue weighted by atomic mass is 9.88. The number of rotatable bonds is 7. The first kappa shape index (κ1) is 20.3. The molecule has 0 unspecified atom stereocenters. The fourth-order valence-electron chi connectivity index (χ4n) is 3.27. The van der Waals surface area contributed by atoms with Crippen LogP contribution in [-0.4, -0.2) is 30.3 Å². The molecule has 3 rings (SSSR count). The molecule has 0 atom stereocenters. The molecule has 148 valence electrons. The molecule has 0 aliphatic heterocycles. The summed E-state index contributed by atoms with van der Waals surface area (Å²) in [5.41, 5.74) is 4.03. The zero-order valence-corrected chi connectivity index (χ0v) is 16.8. The first-order valence-electron chi connectivity index (χ1n) is 9.73. The Kier molecular flexibility index (Phi) is 6.80.